The summed E-state index contributed by atoms with van der Waals surface area (Å²) in [6.45, 7) is 4.63. The molecule has 0 fully saturated rings. The first-order valence-corrected chi connectivity index (χ1v) is 2.15. The summed E-state index contributed by atoms with van der Waals surface area (Å²) >= 11 is -0.882. The molecule has 0 bridgehead atoms. The second-order valence-corrected chi connectivity index (χ2v) is 1.05. The molecule has 0 heterocycles. The molecule has 0 aliphatic carbocycles. The van der Waals surface area contributed by atoms with Crippen LogP contribution in [0.3, 0.4) is 0 Å². The van der Waals surface area contributed by atoms with Gasteiger partial charge in [-0.15, -0.1) is 0 Å². The van der Waals surface area contributed by atoms with Gasteiger partial charge in [0, 0.05) is 0 Å². The summed E-state index contributed by atoms with van der Waals surface area (Å²) in [5.41, 5.74) is 0. The Hall–Kier alpha value is 0.124. The molecule has 0 atom stereocenters. The normalized spacial score (nSPS) is 5.00. The van der Waals surface area contributed by atoms with Crippen LogP contribution in [0, 0.1) is 6.58 Å². The predicted octanol–water partition coefficient (Wildman–Crippen LogP) is 0.361. The van der Waals surface area contributed by atoms with Gasteiger partial charge in [0.15, 0.2) is 0 Å². The van der Waals surface area contributed by atoms with E-state index in [0.29, 0.717) is 0 Å². The molecular weight excluding hydrogens is 91.0 g/mol. The number of hydrogen-bond donors (Lipinski definition) is 0. The van der Waals surface area contributed by atoms with Crippen LogP contribution in [0.5, 0.6) is 0 Å². The van der Waals surface area contributed by atoms with Crippen molar-refractivity contribution in [3.05, 3.63) is 11.4 Å². The molecule has 0 saturated carbocycles. The Kier molecular flexibility index (Phi) is 3.22. The van der Waals surface area contributed by atoms with Crippen LogP contribution >= 0.6 is 0 Å². The molecule has 2 heteroatoms. The molecule has 0 aromatic heterocycles. The first-order valence-electron chi connectivity index (χ1n) is 0.774. The van der Waals surface area contributed by atoms with E-state index in [1.807, 2.05) is 0 Å². The fraction of sp³-hybridized carbons (Fsp3) is 0. The SMILES string of the molecule is [CH]=[CH][V]=[O]. The van der Waals surface area contributed by atoms with E-state index in [0.717, 1.165) is 4.79 Å². The first-order chi connectivity index (χ1) is 1.91. The maximum absolute atomic E-state index is 9.21. The molecule has 0 aliphatic heterocycles. The molecule has 0 aromatic rings. The third-order valence-corrected chi connectivity index (χ3v) is 0.251. The van der Waals surface area contributed by atoms with Crippen molar-refractivity contribution in [3.63, 3.8) is 0 Å². The molecule has 1 nitrogen and oxygen atoms in total. The van der Waals surface area contributed by atoms with Crippen LogP contribution in [-0.4, -0.2) is 0 Å². The molecule has 0 amide bonds. The van der Waals surface area contributed by atoms with E-state index in [4.69, 9.17) is 0 Å². The minimum atomic E-state index is -0.882. The third-order valence-electron chi connectivity index (χ3n) is 0.0609. The van der Waals surface area contributed by atoms with Crippen LogP contribution in [0.25, 0.3) is 0 Å². The third kappa shape index (κ3) is 2.12. The average molecular weight is 93.0 g/mol. The molecule has 0 saturated heterocycles. The van der Waals surface area contributed by atoms with Crippen LogP contribution in [-0.2, 0) is 19.9 Å². The monoisotopic (exact) mass is 93.0 g/mol. The second-order valence-electron chi connectivity index (χ2n) is 0.254. The topological polar surface area (TPSA) is 17.1 Å². The second kappa shape index (κ2) is 3.12. The van der Waals surface area contributed by atoms with Gasteiger partial charge in [-0.05, 0) is 0 Å². The Balaban J connectivity index is 2.73. The van der Waals surface area contributed by atoms with Gasteiger partial charge in [-0.1, -0.05) is 0 Å². The summed E-state index contributed by atoms with van der Waals surface area (Å²) in [6.07, 6.45) is 0. The Morgan fingerprint density at radius 2 is 2.25 bits per heavy atom. The van der Waals surface area contributed by atoms with Crippen LogP contribution in [0.15, 0.2) is 4.79 Å². The van der Waals surface area contributed by atoms with E-state index in [2.05, 4.69) is 6.58 Å². The van der Waals surface area contributed by atoms with Gasteiger partial charge in [0.1, 0.15) is 0 Å². The maximum atomic E-state index is 9.21. The van der Waals surface area contributed by atoms with Crippen molar-refractivity contribution in [2.24, 2.45) is 0 Å². The van der Waals surface area contributed by atoms with Gasteiger partial charge in [-0.25, -0.2) is 0 Å². The molecule has 0 spiro atoms. The predicted molar refractivity (Wildman–Crippen MR) is 9.56 cm³/mol. The van der Waals surface area contributed by atoms with Gasteiger partial charge < -0.3 is 0 Å². The van der Waals surface area contributed by atoms with Crippen molar-refractivity contribution >= 4 is 0 Å². The Morgan fingerprint density at radius 1 is 2.00 bits per heavy atom. The molecule has 0 N–H and O–H groups in total. The average Bonchev–Trinajstić information content (AvgIpc) is 1.37. The zero-order valence-electron chi connectivity index (χ0n) is 2.01. The molecule has 21 valence electrons. The van der Waals surface area contributed by atoms with Crippen molar-refractivity contribution in [3.8, 4) is 0 Å². The van der Waals surface area contributed by atoms with Gasteiger partial charge in [-0.2, -0.15) is 0 Å². The zero-order chi connectivity index (χ0) is 3.41. The Bertz CT molecular complexity index is 27.0. The van der Waals surface area contributed by atoms with Crippen molar-refractivity contribution < 1.29 is 19.9 Å². The summed E-state index contributed by atoms with van der Waals surface area (Å²) in [5.74, 6) is 0. The van der Waals surface area contributed by atoms with E-state index in [9.17, 15) is 3.67 Å². The van der Waals surface area contributed by atoms with Gasteiger partial charge in [-0.3, -0.25) is 0 Å². The van der Waals surface area contributed by atoms with Gasteiger partial charge in [0.2, 0.25) is 0 Å². The van der Waals surface area contributed by atoms with E-state index in [1.54, 1.807) is 0 Å². The molecule has 0 rings (SSSR count). The van der Waals surface area contributed by atoms with Crippen molar-refractivity contribution in [1.29, 1.82) is 0 Å². The Morgan fingerprint density at radius 3 is 2.25 bits per heavy atom. The standard InChI is InChI=1S/C2H2.O.V/c1-2;;/h1-2H;;. The molecule has 0 unspecified atom stereocenters. The summed E-state index contributed by atoms with van der Waals surface area (Å²) in [4.78, 5) is 1.16. The van der Waals surface area contributed by atoms with Crippen LogP contribution in [0.2, 0.25) is 0 Å². The molecular formula is C2H2OV. The van der Waals surface area contributed by atoms with Gasteiger partial charge >= 0.3 is 31.3 Å². The fourth-order valence-corrected chi connectivity index (χ4v) is 0. The van der Waals surface area contributed by atoms with Crippen LogP contribution in [0.1, 0.15) is 0 Å². The molecule has 0 aliphatic rings. The first kappa shape index (κ1) is 4.12. The van der Waals surface area contributed by atoms with Gasteiger partial charge in [0.25, 0.3) is 0 Å². The summed E-state index contributed by atoms with van der Waals surface area (Å²) in [7, 11) is 0. The van der Waals surface area contributed by atoms with Crippen LogP contribution in [0.4, 0.5) is 0 Å². The van der Waals surface area contributed by atoms with Crippen molar-refractivity contribution in [2.75, 3.05) is 0 Å². The number of hydrogen-bond acceptors (Lipinski definition) is 1. The number of rotatable bonds is 1. The zero-order valence-corrected chi connectivity index (χ0v) is 3.41. The van der Waals surface area contributed by atoms with Gasteiger partial charge in [0.05, 0.1) is 0 Å². The van der Waals surface area contributed by atoms with E-state index in [-0.39, 0.29) is 0 Å². The quantitative estimate of drug-likeness (QED) is 0.457. The minimum absolute atomic E-state index is 0.882. The van der Waals surface area contributed by atoms with E-state index >= 15 is 0 Å². The molecule has 0 aromatic carbocycles. The summed E-state index contributed by atoms with van der Waals surface area (Å²) in [5, 5.41) is 0. The van der Waals surface area contributed by atoms with E-state index < -0.39 is 16.2 Å². The Labute approximate surface area is 32.0 Å². The van der Waals surface area contributed by atoms with Crippen molar-refractivity contribution in [1.82, 2.24) is 0 Å². The van der Waals surface area contributed by atoms with E-state index in [1.165, 1.54) is 0 Å². The summed E-state index contributed by atoms with van der Waals surface area (Å²) < 4.78 is 9.21. The molecule has 1 radical (unpaired) electrons. The van der Waals surface area contributed by atoms with Crippen LogP contribution < -0.4 is 0 Å². The summed E-state index contributed by atoms with van der Waals surface area (Å²) in [6, 6.07) is 0. The van der Waals surface area contributed by atoms with Crippen molar-refractivity contribution in [2.45, 2.75) is 0 Å². The molecule has 4 heavy (non-hydrogen) atoms. The fourth-order valence-electron chi connectivity index (χ4n) is 0.